The van der Waals surface area contributed by atoms with Gasteiger partial charge in [0, 0.05) is 39.5 Å². The van der Waals surface area contributed by atoms with Crippen molar-refractivity contribution in [1.82, 2.24) is 4.98 Å². The van der Waals surface area contributed by atoms with Gasteiger partial charge >= 0.3 is 0 Å². The topological polar surface area (TPSA) is 46.0 Å². The second kappa shape index (κ2) is 4.16. The molecule has 0 radical (unpaired) electrons. The van der Waals surface area contributed by atoms with Gasteiger partial charge in [0.1, 0.15) is 17.0 Å². The van der Waals surface area contributed by atoms with Crippen LogP contribution in [-0.2, 0) is 0 Å². The Balaban J connectivity index is 2.11. The Hall–Kier alpha value is -3.40. The summed E-state index contributed by atoms with van der Waals surface area (Å²) in [6.07, 6.45) is 1.61. The first-order chi connectivity index (χ1) is 12.2. The van der Waals surface area contributed by atoms with Gasteiger partial charge in [-0.1, -0.05) is 24.3 Å². The predicted octanol–water partition coefficient (Wildman–Crippen LogP) is 5.21. The molecule has 0 unspecified atom stereocenters. The summed E-state index contributed by atoms with van der Waals surface area (Å²) in [7, 11) is 0. The van der Waals surface area contributed by atoms with E-state index in [4.69, 9.17) is 4.42 Å². The molecule has 1 aliphatic carbocycles. The SMILES string of the molecule is O=c1cc[nH]c2c1-c1c(F)ccc3oc4ccc5cccc-2c5c4c13. The molecule has 4 heteroatoms. The molecule has 3 nitrogen and oxygen atoms in total. The van der Waals surface area contributed by atoms with Crippen LogP contribution in [0, 0.1) is 5.82 Å². The van der Waals surface area contributed by atoms with Crippen molar-refractivity contribution in [2.24, 2.45) is 0 Å². The monoisotopic (exact) mass is 327 g/mol. The van der Waals surface area contributed by atoms with Crippen molar-refractivity contribution in [3.8, 4) is 22.4 Å². The van der Waals surface area contributed by atoms with Crippen molar-refractivity contribution in [2.75, 3.05) is 0 Å². The third-order valence-electron chi connectivity index (χ3n) is 5.07. The number of hydrogen-bond acceptors (Lipinski definition) is 2. The number of pyridine rings is 1. The van der Waals surface area contributed by atoms with Gasteiger partial charge in [-0.3, -0.25) is 4.79 Å². The Labute approximate surface area is 140 Å². The van der Waals surface area contributed by atoms with Gasteiger partial charge in [0.25, 0.3) is 0 Å². The Morgan fingerprint density at radius 3 is 2.60 bits per heavy atom. The largest absolute Gasteiger partial charge is 0.456 e. The molecule has 3 aromatic carbocycles. The highest BCUT2D eigenvalue weighted by Crippen LogP contribution is 2.47. The highest BCUT2D eigenvalue weighted by Gasteiger charge is 2.27. The predicted molar refractivity (Wildman–Crippen MR) is 96.2 cm³/mol. The Morgan fingerprint density at radius 1 is 0.840 bits per heavy atom. The molecule has 0 atom stereocenters. The van der Waals surface area contributed by atoms with Crippen molar-refractivity contribution in [2.45, 2.75) is 0 Å². The molecule has 1 aliphatic rings. The molecule has 0 amide bonds. The van der Waals surface area contributed by atoms with Gasteiger partial charge in [0.15, 0.2) is 5.43 Å². The summed E-state index contributed by atoms with van der Waals surface area (Å²) in [6.45, 7) is 0. The van der Waals surface area contributed by atoms with E-state index in [0.29, 0.717) is 33.4 Å². The van der Waals surface area contributed by atoms with Crippen LogP contribution >= 0.6 is 0 Å². The van der Waals surface area contributed by atoms with Crippen molar-refractivity contribution < 1.29 is 8.81 Å². The Kier molecular flexibility index (Phi) is 2.16. The zero-order valence-corrected chi connectivity index (χ0v) is 12.9. The lowest BCUT2D eigenvalue weighted by Gasteiger charge is -2.10. The lowest BCUT2D eigenvalue weighted by atomic mass is 9.97. The van der Waals surface area contributed by atoms with Crippen LogP contribution in [0.2, 0.25) is 0 Å². The quantitative estimate of drug-likeness (QED) is 0.416. The van der Waals surface area contributed by atoms with Gasteiger partial charge in [-0.2, -0.15) is 0 Å². The Morgan fingerprint density at radius 2 is 1.68 bits per heavy atom. The number of aromatic nitrogens is 1. The van der Waals surface area contributed by atoms with E-state index in [1.54, 1.807) is 12.3 Å². The molecule has 0 saturated heterocycles. The van der Waals surface area contributed by atoms with Crippen molar-refractivity contribution >= 4 is 32.7 Å². The van der Waals surface area contributed by atoms with E-state index in [1.807, 2.05) is 30.3 Å². The molecule has 0 spiro atoms. The van der Waals surface area contributed by atoms with Gasteiger partial charge in [-0.25, -0.2) is 4.39 Å². The average Bonchev–Trinajstić information content (AvgIpc) is 2.94. The lowest BCUT2D eigenvalue weighted by Crippen LogP contribution is -2.07. The fourth-order valence-corrected chi connectivity index (χ4v) is 4.10. The van der Waals surface area contributed by atoms with Crippen LogP contribution in [0.15, 0.2) is 63.9 Å². The highest BCUT2D eigenvalue weighted by molar-refractivity contribution is 6.28. The zero-order chi connectivity index (χ0) is 16.7. The fourth-order valence-electron chi connectivity index (χ4n) is 4.10. The number of hydrogen-bond donors (Lipinski definition) is 1. The van der Waals surface area contributed by atoms with Crippen LogP contribution in [0.1, 0.15) is 0 Å². The van der Waals surface area contributed by atoms with Gasteiger partial charge in [0.2, 0.25) is 0 Å². The van der Waals surface area contributed by atoms with Gasteiger partial charge in [0.05, 0.1) is 11.3 Å². The summed E-state index contributed by atoms with van der Waals surface area (Å²) < 4.78 is 20.9. The number of nitrogens with one attached hydrogen (secondary N) is 1. The number of furan rings is 1. The normalized spacial score (nSPS) is 12.4. The standard InChI is InChI=1S/C21H10FNO2/c22-12-5-7-15-20-17(12)18-13(24)8-9-23-21(18)11-3-1-2-10-4-6-14(25-15)19(20)16(10)11/h1-9H,(H,23,24). The third kappa shape index (κ3) is 1.43. The smallest absolute Gasteiger partial charge is 0.190 e. The van der Waals surface area contributed by atoms with E-state index in [0.717, 1.165) is 21.7 Å². The summed E-state index contributed by atoms with van der Waals surface area (Å²) >= 11 is 0. The number of rotatable bonds is 0. The summed E-state index contributed by atoms with van der Waals surface area (Å²) in [6, 6.07) is 14.2. The second-order valence-electron chi connectivity index (χ2n) is 6.33. The minimum absolute atomic E-state index is 0.209. The molecule has 6 rings (SSSR count). The lowest BCUT2D eigenvalue weighted by molar-refractivity contribution is 0.629. The molecule has 1 N–H and O–H groups in total. The molecular formula is C21H10FNO2. The van der Waals surface area contributed by atoms with Crippen LogP contribution in [0.25, 0.3) is 55.1 Å². The van der Waals surface area contributed by atoms with Gasteiger partial charge < -0.3 is 9.40 Å². The second-order valence-corrected chi connectivity index (χ2v) is 6.33. The van der Waals surface area contributed by atoms with E-state index in [1.165, 1.54) is 12.1 Å². The number of fused-ring (bicyclic) bond motifs is 3. The summed E-state index contributed by atoms with van der Waals surface area (Å²) in [4.78, 5) is 15.9. The van der Waals surface area contributed by atoms with E-state index in [9.17, 15) is 9.18 Å². The molecule has 0 fully saturated rings. The first-order valence-corrected chi connectivity index (χ1v) is 8.03. The maximum atomic E-state index is 14.9. The number of H-pyrrole nitrogens is 1. The maximum absolute atomic E-state index is 14.9. The third-order valence-corrected chi connectivity index (χ3v) is 5.07. The van der Waals surface area contributed by atoms with Crippen molar-refractivity contribution in [3.05, 3.63) is 70.8 Å². The van der Waals surface area contributed by atoms with Crippen LogP contribution < -0.4 is 5.43 Å². The van der Waals surface area contributed by atoms with Gasteiger partial charge in [-0.15, -0.1) is 0 Å². The average molecular weight is 327 g/mol. The highest BCUT2D eigenvalue weighted by atomic mass is 19.1. The molecule has 0 bridgehead atoms. The fraction of sp³-hybridized carbons (Fsp3) is 0. The van der Waals surface area contributed by atoms with E-state index in [-0.39, 0.29) is 5.43 Å². The minimum atomic E-state index is -0.419. The van der Waals surface area contributed by atoms with E-state index < -0.39 is 5.82 Å². The van der Waals surface area contributed by atoms with Crippen molar-refractivity contribution in [3.63, 3.8) is 0 Å². The van der Waals surface area contributed by atoms with Crippen LogP contribution in [0.5, 0.6) is 0 Å². The van der Waals surface area contributed by atoms with Crippen LogP contribution in [-0.4, -0.2) is 4.98 Å². The molecule has 118 valence electrons. The van der Waals surface area contributed by atoms with E-state index in [2.05, 4.69) is 4.98 Å². The molecule has 2 heterocycles. The first kappa shape index (κ1) is 13.0. The molecule has 2 aromatic heterocycles. The van der Waals surface area contributed by atoms with Gasteiger partial charge in [-0.05, 0) is 23.6 Å². The van der Waals surface area contributed by atoms with Crippen molar-refractivity contribution in [1.29, 1.82) is 0 Å². The number of halogens is 1. The summed E-state index contributed by atoms with van der Waals surface area (Å²) in [5.74, 6) is -0.419. The molecule has 0 aliphatic heterocycles. The van der Waals surface area contributed by atoms with Crippen LogP contribution in [0.4, 0.5) is 4.39 Å². The zero-order valence-electron chi connectivity index (χ0n) is 12.9. The maximum Gasteiger partial charge on any atom is 0.190 e. The molecular weight excluding hydrogens is 317 g/mol. The minimum Gasteiger partial charge on any atom is -0.456 e. The van der Waals surface area contributed by atoms with E-state index >= 15 is 0 Å². The molecule has 25 heavy (non-hydrogen) atoms. The van der Waals surface area contributed by atoms with Crippen LogP contribution in [0.3, 0.4) is 0 Å². The first-order valence-electron chi connectivity index (χ1n) is 8.03. The molecule has 5 aromatic rings. The summed E-state index contributed by atoms with van der Waals surface area (Å²) in [5.41, 5.74) is 3.28. The number of aromatic amines is 1. The number of benzene rings is 3. The molecule has 0 saturated carbocycles. The summed E-state index contributed by atoms with van der Waals surface area (Å²) in [5, 5.41) is 3.54. The Bertz CT molecular complexity index is 1430.